The quantitative estimate of drug-likeness (QED) is 0.769. The zero-order valence-electron chi connectivity index (χ0n) is 12.4. The maximum Gasteiger partial charge on any atom is 0.410 e. The van der Waals surface area contributed by atoms with Crippen LogP contribution in [-0.4, -0.2) is 23.1 Å². The second-order valence-electron chi connectivity index (χ2n) is 6.88. The van der Waals surface area contributed by atoms with Gasteiger partial charge < -0.3 is 9.64 Å². The third kappa shape index (κ3) is 2.73. The molecule has 0 aromatic heterocycles. The molecule has 1 heterocycles. The number of likely N-dealkylation sites (tertiary alicyclic amines) is 1. The van der Waals surface area contributed by atoms with E-state index in [9.17, 15) is 9.18 Å². The molecule has 2 fully saturated rings. The van der Waals surface area contributed by atoms with Gasteiger partial charge in [0.15, 0.2) is 0 Å². The predicted octanol–water partition coefficient (Wildman–Crippen LogP) is 4.41. The molecule has 114 valence electrons. The molecule has 0 radical (unpaired) electrons. The van der Waals surface area contributed by atoms with Gasteiger partial charge >= 0.3 is 6.09 Å². The minimum atomic E-state index is -0.542. The molecule has 2 aliphatic rings. The first-order chi connectivity index (χ1) is 9.78. The van der Waals surface area contributed by atoms with Crippen molar-refractivity contribution in [3.8, 4) is 0 Å². The van der Waals surface area contributed by atoms with Gasteiger partial charge in [0.05, 0.1) is 11.1 Å². The molecule has 1 saturated heterocycles. The predicted molar refractivity (Wildman–Crippen MR) is 78.7 cm³/mol. The van der Waals surface area contributed by atoms with Crippen molar-refractivity contribution < 1.29 is 13.9 Å². The van der Waals surface area contributed by atoms with Gasteiger partial charge in [0.1, 0.15) is 11.4 Å². The summed E-state index contributed by atoms with van der Waals surface area (Å²) in [5, 5.41) is 0.114. The number of nitrogens with zero attached hydrogens (tertiary/aromatic N) is 1. The van der Waals surface area contributed by atoms with Crippen LogP contribution in [0.5, 0.6) is 0 Å². The number of hydrogen-bond acceptors (Lipinski definition) is 2. The van der Waals surface area contributed by atoms with E-state index in [0.29, 0.717) is 23.9 Å². The van der Waals surface area contributed by atoms with Crippen LogP contribution in [0.3, 0.4) is 0 Å². The van der Waals surface area contributed by atoms with E-state index in [0.717, 1.165) is 6.42 Å². The molecule has 1 aliphatic heterocycles. The number of rotatable bonds is 1. The highest BCUT2D eigenvalue weighted by Crippen LogP contribution is 2.57. The summed E-state index contributed by atoms with van der Waals surface area (Å²) in [7, 11) is 0. The van der Waals surface area contributed by atoms with Crippen LogP contribution in [0, 0.1) is 17.7 Å². The van der Waals surface area contributed by atoms with Crippen molar-refractivity contribution in [1.29, 1.82) is 0 Å². The molecule has 5 heteroatoms. The Hall–Kier alpha value is -1.29. The molecule has 0 spiro atoms. The number of ether oxygens (including phenoxy) is 1. The van der Waals surface area contributed by atoms with E-state index in [1.165, 1.54) is 6.07 Å². The Balaban J connectivity index is 1.89. The molecule has 3 unspecified atom stereocenters. The molecular formula is C16H19ClFNO2. The molecule has 3 rings (SSSR count). The van der Waals surface area contributed by atoms with Crippen molar-refractivity contribution in [2.24, 2.45) is 11.8 Å². The van der Waals surface area contributed by atoms with Crippen LogP contribution >= 0.6 is 11.6 Å². The zero-order chi connectivity index (χ0) is 15.4. The van der Waals surface area contributed by atoms with Crippen molar-refractivity contribution in [1.82, 2.24) is 4.90 Å². The lowest BCUT2D eigenvalue weighted by Gasteiger charge is -2.31. The molecule has 1 aliphatic carbocycles. The van der Waals surface area contributed by atoms with Crippen LogP contribution in [0.2, 0.25) is 5.02 Å². The minimum absolute atomic E-state index is 0.114. The fourth-order valence-electron chi connectivity index (χ4n) is 3.12. The van der Waals surface area contributed by atoms with Gasteiger partial charge in [-0.3, -0.25) is 0 Å². The van der Waals surface area contributed by atoms with Crippen LogP contribution in [0.15, 0.2) is 18.2 Å². The van der Waals surface area contributed by atoms with Crippen LogP contribution < -0.4 is 0 Å². The number of amides is 1. The van der Waals surface area contributed by atoms with E-state index < -0.39 is 11.4 Å². The Bertz CT molecular complexity index is 584. The second kappa shape index (κ2) is 4.87. The topological polar surface area (TPSA) is 29.5 Å². The number of halogens is 2. The molecule has 1 aromatic carbocycles. The van der Waals surface area contributed by atoms with Gasteiger partial charge in [0, 0.05) is 6.54 Å². The normalized spacial score (nSPS) is 27.5. The number of carbonyl (C=O) groups is 1. The highest BCUT2D eigenvalue weighted by molar-refractivity contribution is 6.31. The minimum Gasteiger partial charge on any atom is -0.444 e. The Kier molecular flexibility index (Phi) is 3.40. The molecule has 3 atom stereocenters. The molecule has 0 N–H and O–H groups in total. The van der Waals surface area contributed by atoms with Gasteiger partial charge in [-0.2, -0.15) is 0 Å². The number of benzene rings is 1. The van der Waals surface area contributed by atoms with Crippen LogP contribution in [0.4, 0.5) is 9.18 Å². The van der Waals surface area contributed by atoms with E-state index in [2.05, 4.69) is 0 Å². The Labute approximate surface area is 129 Å². The lowest BCUT2D eigenvalue weighted by Crippen LogP contribution is -2.38. The van der Waals surface area contributed by atoms with Crippen LogP contribution in [-0.2, 0) is 4.74 Å². The van der Waals surface area contributed by atoms with Crippen molar-refractivity contribution in [3.63, 3.8) is 0 Å². The standard InChI is InChI=1S/C16H19ClFNO2/c1-16(2,3)21-15(20)19-8-9-7-11(9)14(19)10-5-4-6-12(18)13(10)17/h4-6,9,11,14H,7-8H2,1-3H3. The Morgan fingerprint density at radius 2 is 2.14 bits per heavy atom. The van der Waals surface area contributed by atoms with E-state index in [1.54, 1.807) is 17.0 Å². The number of fused-ring (bicyclic) bond motifs is 1. The van der Waals surface area contributed by atoms with E-state index >= 15 is 0 Å². The zero-order valence-corrected chi connectivity index (χ0v) is 13.2. The number of carbonyl (C=O) groups excluding carboxylic acids is 1. The average molecular weight is 312 g/mol. The summed E-state index contributed by atoms with van der Waals surface area (Å²) in [6.45, 7) is 6.18. The Morgan fingerprint density at radius 1 is 1.43 bits per heavy atom. The Morgan fingerprint density at radius 3 is 2.81 bits per heavy atom. The molecule has 1 saturated carbocycles. The summed E-state index contributed by atoms with van der Waals surface area (Å²) >= 11 is 6.11. The summed E-state index contributed by atoms with van der Waals surface area (Å²) in [5.74, 6) is 0.418. The molecule has 21 heavy (non-hydrogen) atoms. The van der Waals surface area contributed by atoms with Gasteiger partial charge in [0.25, 0.3) is 0 Å². The fraction of sp³-hybridized carbons (Fsp3) is 0.562. The van der Waals surface area contributed by atoms with Crippen LogP contribution in [0.1, 0.15) is 38.8 Å². The summed E-state index contributed by atoms with van der Waals surface area (Å²) in [4.78, 5) is 14.1. The monoisotopic (exact) mass is 311 g/mol. The smallest absolute Gasteiger partial charge is 0.410 e. The fourth-order valence-corrected chi connectivity index (χ4v) is 3.36. The first-order valence-electron chi connectivity index (χ1n) is 7.21. The SMILES string of the molecule is CC(C)(C)OC(=O)N1CC2CC2C1c1cccc(F)c1Cl. The summed E-state index contributed by atoms with van der Waals surface area (Å²) in [6, 6.07) is 4.60. The molecule has 1 aromatic rings. The van der Waals surface area contributed by atoms with Crippen molar-refractivity contribution in [2.75, 3.05) is 6.54 Å². The van der Waals surface area contributed by atoms with Crippen molar-refractivity contribution in [3.05, 3.63) is 34.6 Å². The number of piperidine rings is 1. The average Bonchev–Trinajstić information content (AvgIpc) is 3.03. The van der Waals surface area contributed by atoms with E-state index in [4.69, 9.17) is 16.3 Å². The van der Waals surface area contributed by atoms with Gasteiger partial charge in [-0.25, -0.2) is 9.18 Å². The van der Waals surface area contributed by atoms with Gasteiger partial charge in [0.2, 0.25) is 0 Å². The first kappa shape index (κ1) is 14.6. The third-order valence-electron chi connectivity index (χ3n) is 4.08. The van der Waals surface area contributed by atoms with Gasteiger partial charge in [-0.15, -0.1) is 0 Å². The molecule has 0 bridgehead atoms. The van der Waals surface area contributed by atoms with E-state index in [-0.39, 0.29) is 17.2 Å². The second-order valence-corrected chi connectivity index (χ2v) is 7.26. The van der Waals surface area contributed by atoms with E-state index in [1.807, 2.05) is 20.8 Å². The maximum atomic E-state index is 13.7. The molecule has 3 nitrogen and oxygen atoms in total. The summed E-state index contributed by atoms with van der Waals surface area (Å²) in [6.07, 6.45) is 0.719. The largest absolute Gasteiger partial charge is 0.444 e. The van der Waals surface area contributed by atoms with Gasteiger partial charge in [-0.1, -0.05) is 23.7 Å². The summed E-state index contributed by atoms with van der Waals surface area (Å²) in [5.41, 5.74) is 0.146. The molecule has 1 amide bonds. The number of hydrogen-bond donors (Lipinski definition) is 0. The molecular weight excluding hydrogens is 293 g/mol. The van der Waals surface area contributed by atoms with Crippen molar-refractivity contribution >= 4 is 17.7 Å². The first-order valence-corrected chi connectivity index (χ1v) is 7.59. The maximum absolute atomic E-state index is 13.7. The van der Waals surface area contributed by atoms with Crippen LogP contribution in [0.25, 0.3) is 0 Å². The lowest BCUT2D eigenvalue weighted by atomic mass is 10.0. The highest BCUT2D eigenvalue weighted by atomic mass is 35.5. The van der Waals surface area contributed by atoms with Gasteiger partial charge in [-0.05, 0) is 50.7 Å². The lowest BCUT2D eigenvalue weighted by molar-refractivity contribution is 0.0190. The summed E-state index contributed by atoms with van der Waals surface area (Å²) < 4.78 is 19.2. The van der Waals surface area contributed by atoms with Crippen molar-refractivity contribution in [2.45, 2.75) is 38.8 Å². The highest BCUT2D eigenvalue weighted by Gasteiger charge is 2.55. The third-order valence-corrected chi connectivity index (χ3v) is 4.48.